The first-order chi connectivity index (χ1) is 13.2. The van der Waals surface area contributed by atoms with Gasteiger partial charge in [-0.2, -0.15) is 0 Å². The molecule has 7 nitrogen and oxygen atoms in total. The van der Waals surface area contributed by atoms with Gasteiger partial charge >= 0.3 is 0 Å². The third kappa shape index (κ3) is 5.48. The van der Waals surface area contributed by atoms with E-state index in [0.29, 0.717) is 17.5 Å². The van der Waals surface area contributed by atoms with Crippen LogP contribution in [-0.2, 0) is 9.53 Å². The Bertz CT molecular complexity index is 743. The van der Waals surface area contributed by atoms with Crippen molar-refractivity contribution in [3.8, 4) is 11.6 Å². The topological polar surface area (TPSA) is 76.6 Å². The third-order valence-electron chi connectivity index (χ3n) is 4.67. The van der Waals surface area contributed by atoms with E-state index in [1.165, 1.54) is 6.92 Å². The number of methoxy groups -OCH3 is 1. The molecular formula is C20H26N4O3. The molecule has 27 heavy (non-hydrogen) atoms. The third-order valence-corrected chi connectivity index (χ3v) is 4.67. The summed E-state index contributed by atoms with van der Waals surface area (Å²) in [6.45, 7) is 5.26. The number of ether oxygens (including phenoxy) is 2. The van der Waals surface area contributed by atoms with Crippen molar-refractivity contribution >= 4 is 11.6 Å². The second-order valence-corrected chi connectivity index (χ2v) is 6.66. The lowest BCUT2D eigenvalue weighted by atomic mass is 9.93. The van der Waals surface area contributed by atoms with Gasteiger partial charge in [-0.15, -0.1) is 0 Å². The highest BCUT2D eigenvalue weighted by atomic mass is 16.5. The van der Waals surface area contributed by atoms with Crippen LogP contribution < -0.4 is 10.1 Å². The molecule has 1 amide bonds. The highest BCUT2D eigenvalue weighted by molar-refractivity contribution is 5.88. The molecule has 1 fully saturated rings. The average Bonchev–Trinajstić information content (AvgIpc) is 2.68. The fourth-order valence-corrected chi connectivity index (χ4v) is 3.27. The number of likely N-dealkylation sites (tertiary alicyclic amines) is 1. The zero-order valence-electron chi connectivity index (χ0n) is 15.9. The first-order valence-corrected chi connectivity index (χ1v) is 9.23. The van der Waals surface area contributed by atoms with Gasteiger partial charge in [0.2, 0.25) is 11.8 Å². The molecule has 1 saturated heterocycles. The zero-order chi connectivity index (χ0) is 19.1. The van der Waals surface area contributed by atoms with E-state index in [-0.39, 0.29) is 5.91 Å². The molecular weight excluding hydrogens is 344 g/mol. The number of carbonyl (C=O) groups excluding carboxylic acids is 1. The molecule has 7 heteroatoms. The summed E-state index contributed by atoms with van der Waals surface area (Å²) in [5.74, 6) is 1.46. The highest BCUT2D eigenvalue weighted by Gasteiger charge is 2.25. The van der Waals surface area contributed by atoms with Crippen LogP contribution in [-0.4, -0.2) is 54.1 Å². The van der Waals surface area contributed by atoms with Gasteiger partial charge in [0.1, 0.15) is 11.4 Å². The normalized spacial score (nSPS) is 15.5. The maximum Gasteiger partial charge on any atom is 0.241 e. The van der Waals surface area contributed by atoms with Gasteiger partial charge < -0.3 is 19.7 Å². The van der Waals surface area contributed by atoms with Crippen molar-refractivity contribution in [1.29, 1.82) is 0 Å². The summed E-state index contributed by atoms with van der Waals surface area (Å²) in [5, 5.41) is 2.74. The fourth-order valence-electron chi connectivity index (χ4n) is 3.27. The number of anilines is 1. The summed E-state index contributed by atoms with van der Waals surface area (Å²) in [7, 11) is 1.73. The van der Waals surface area contributed by atoms with Crippen molar-refractivity contribution in [1.82, 2.24) is 14.9 Å². The van der Waals surface area contributed by atoms with Crippen LogP contribution >= 0.6 is 0 Å². The van der Waals surface area contributed by atoms with Crippen LogP contribution in [0.1, 0.15) is 31.4 Å². The Hall–Kier alpha value is -2.51. The lowest BCUT2D eigenvalue weighted by molar-refractivity contribution is -0.114. The lowest BCUT2D eigenvalue weighted by Gasteiger charge is -2.31. The number of nitrogens with zero attached hydrogens (tertiary/aromatic N) is 3. The molecule has 1 aromatic heterocycles. The van der Waals surface area contributed by atoms with E-state index in [4.69, 9.17) is 9.47 Å². The Balaban J connectivity index is 1.65. The molecule has 1 aliphatic heterocycles. The summed E-state index contributed by atoms with van der Waals surface area (Å²) >= 11 is 0. The summed E-state index contributed by atoms with van der Waals surface area (Å²) in [5.41, 5.74) is 1.65. The monoisotopic (exact) mass is 370 g/mol. The molecule has 0 spiro atoms. The van der Waals surface area contributed by atoms with Gasteiger partial charge in [0.05, 0.1) is 6.61 Å². The molecule has 1 aliphatic rings. The van der Waals surface area contributed by atoms with E-state index in [0.717, 1.165) is 50.5 Å². The molecule has 0 bridgehead atoms. The molecule has 0 unspecified atom stereocenters. The lowest BCUT2D eigenvalue weighted by Crippen LogP contribution is -2.35. The van der Waals surface area contributed by atoms with Gasteiger partial charge in [0, 0.05) is 44.6 Å². The van der Waals surface area contributed by atoms with Crippen LogP contribution in [0, 0.1) is 0 Å². The van der Waals surface area contributed by atoms with Crippen molar-refractivity contribution in [3.63, 3.8) is 0 Å². The van der Waals surface area contributed by atoms with Crippen molar-refractivity contribution in [2.24, 2.45) is 0 Å². The Morgan fingerprint density at radius 1 is 1.19 bits per heavy atom. The number of carbonyl (C=O) groups is 1. The standard InChI is InChI=1S/C20H26N4O3/c1-15(25)23-17-3-5-18(6-4-17)27-20-19(21-9-10-22-20)16-7-11-24(12-8-16)13-14-26-2/h3-6,9-10,16H,7-8,11-14H2,1-2H3,(H,23,25). The van der Waals surface area contributed by atoms with Crippen LogP contribution in [0.3, 0.4) is 0 Å². The molecule has 0 saturated carbocycles. The van der Waals surface area contributed by atoms with E-state index in [9.17, 15) is 4.79 Å². The van der Waals surface area contributed by atoms with Crippen LogP contribution in [0.2, 0.25) is 0 Å². The minimum atomic E-state index is -0.100. The first kappa shape index (κ1) is 19.3. The maximum absolute atomic E-state index is 11.1. The molecule has 0 aliphatic carbocycles. The largest absolute Gasteiger partial charge is 0.437 e. The second-order valence-electron chi connectivity index (χ2n) is 6.66. The van der Waals surface area contributed by atoms with E-state index in [1.807, 2.05) is 12.1 Å². The van der Waals surface area contributed by atoms with Gasteiger partial charge in [-0.25, -0.2) is 4.98 Å². The Morgan fingerprint density at radius 3 is 2.56 bits per heavy atom. The van der Waals surface area contributed by atoms with Gasteiger partial charge in [0.25, 0.3) is 0 Å². The predicted octanol–water partition coefficient (Wildman–Crippen LogP) is 3.05. The van der Waals surface area contributed by atoms with Crippen molar-refractivity contribution < 1.29 is 14.3 Å². The second kappa shape index (κ2) is 9.43. The number of hydrogen-bond acceptors (Lipinski definition) is 6. The van der Waals surface area contributed by atoms with Crippen molar-refractivity contribution in [2.45, 2.75) is 25.7 Å². The molecule has 2 aromatic rings. The minimum absolute atomic E-state index is 0.100. The van der Waals surface area contributed by atoms with Crippen LogP contribution in [0.15, 0.2) is 36.7 Å². The molecule has 3 rings (SSSR count). The quantitative estimate of drug-likeness (QED) is 0.807. The summed E-state index contributed by atoms with van der Waals surface area (Å²) in [4.78, 5) is 22.5. The molecule has 144 valence electrons. The number of benzene rings is 1. The first-order valence-electron chi connectivity index (χ1n) is 9.23. The molecule has 1 aromatic carbocycles. The number of amides is 1. The number of hydrogen-bond donors (Lipinski definition) is 1. The van der Waals surface area contributed by atoms with Crippen molar-refractivity contribution in [2.75, 3.05) is 38.7 Å². The van der Waals surface area contributed by atoms with Gasteiger partial charge in [-0.1, -0.05) is 0 Å². The zero-order valence-corrected chi connectivity index (χ0v) is 15.9. The van der Waals surface area contributed by atoms with Gasteiger partial charge in [0.15, 0.2) is 0 Å². The molecule has 2 heterocycles. The van der Waals surface area contributed by atoms with E-state index in [1.54, 1.807) is 31.6 Å². The van der Waals surface area contributed by atoms with E-state index < -0.39 is 0 Å². The molecule has 0 radical (unpaired) electrons. The Morgan fingerprint density at radius 2 is 1.89 bits per heavy atom. The molecule has 1 N–H and O–H groups in total. The minimum Gasteiger partial charge on any atom is -0.437 e. The summed E-state index contributed by atoms with van der Waals surface area (Å²) < 4.78 is 11.2. The smallest absolute Gasteiger partial charge is 0.241 e. The fraction of sp³-hybridized carbons (Fsp3) is 0.450. The summed E-state index contributed by atoms with van der Waals surface area (Å²) in [6, 6.07) is 7.25. The Kier molecular flexibility index (Phi) is 6.73. The number of nitrogens with one attached hydrogen (secondary N) is 1. The van der Waals surface area contributed by atoms with E-state index in [2.05, 4.69) is 20.2 Å². The average molecular weight is 370 g/mol. The maximum atomic E-state index is 11.1. The molecule has 0 atom stereocenters. The summed E-state index contributed by atoms with van der Waals surface area (Å²) in [6.07, 6.45) is 5.43. The van der Waals surface area contributed by atoms with Gasteiger partial charge in [-0.05, 0) is 50.2 Å². The van der Waals surface area contributed by atoms with Crippen molar-refractivity contribution in [3.05, 3.63) is 42.4 Å². The van der Waals surface area contributed by atoms with Gasteiger partial charge in [-0.3, -0.25) is 9.78 Å². The number of aromatic nitrogens is 2. The Labute approximate surface area is 159 Å². The van der Waals surface area contributed by atoms with Crippen LogP contribution in [0.25, 0.3) is 0 Å². The van der Waals surface area contributed by atoms with Crippen LogP contribution in [0.4, 0.5) is 5.69 Å². The number of rotatable bonds is 7. The predicted molar refractivity (Wildman–Crippen MR) is 103 cm³/mol. The van der Waals surface area contributed by atoms with E-state index >= 15 is 0 Å². The SMILES string of the molecule is COCCN1CCC(c2nccnc2Oc2ccc(NC(C)=O)cc2)CC1. The van der Waals surface area contributed by atoms with Crippen LogP contribution in [0.5, 0.6) is 11.6 Å². The highest BCUT2D eigenvalue weighted by Crippen LogP contribution is 2.33. The number of piperidine rings is 1.